The van der Waals surface area contributed by atoms with Gasteiger partial charge in [0.05, 0.1) is 12.3 Å². The molecule has 0 radical (unpaired) electrons. The van der Waals surface area contributed by atoms with Gasteiger partial charge in [0.15, 0.2) is 11.6 Å². The van der Waals surface area contributed by atoms with Crippen molar-refractivity contribution in [1.29, 1.82) is 0 Å². The van der Waals surface area contributed by atoms with Crippen molar-refractivity contribution < 1.29 is 9.53 Å². The third kappa shape index (κ3) is 5.14. The first-order chi connectivity index (χ1) is 11.1. The molecule has 0 fully saturated rings. The Morgan fingerprint density at radius 1 is 1.13 bits per heavy atom. The predicted octanol–water partition coefficient (Wildman–Crippen LogP) is 3.15. The van der Waals surface area contributed by atoms with Crippen LogP contribution < -0.4 is 20.7 Å². The van der Waals surface area contributed by atoms with E-state index in [9.17, 15) is 4.79 Å². The molecular weight excluding hydrogens is 294 g/mol. The molecule has 0 saturated carbocycles. The van der Waals surface area contributed by atoms with Gasteiger partial charge < -0.3 is 15.4 Å². The Labute approximate surface area is 135 Å². The number of amides is 2. The Balaban J connectivity index is 2.01. The summed E-state index contributed by atoms with van der Waals surface area (Å²) in [5, 5.41) is 16.5. The molecule has 0 aliphatic rings. The van der Waals surface area contributed by atoms with Crippen LogP contribution in [0.25, 0.3) is 0 Å². The van der Waals surface area contributed by atoms with Crippen LogP contribution in [-0.4, -0.2) is 28.9 Å². The number of nitrogens with one attached hydrogen (secondary N) is 3. The summed E-state index contributed by atoms with van der Waals surface area (Å²) >= 11 is 0. The molecule has 1 heterocycles. The van der Waals surface area contributed by atoms with Crippen LogP contribution in [0.1, 0.15) is 20.8 Å². The molecule has 1 aromatic heterocycles. The molecule has 0 atom stereocenters. The van der Waals surface area contributed by atoms with Crippen LogP contribution in [0.15, 0.2) is 36.4 Å². The number of carbonyl (C=O) groups excluding carboxylic acids is 1. The lowest BCUT2D eigenvalue weighted by atomic mass is 10.3. The number of benzene rings is 1. The van der Waals surface area contributed by atoms with Crippen molar-refractivity contribution in [1.82, 2.24) is 15.5 Å². The monoisotopic (exact) mass is 315 g/mol. The van der Waals surface area contributed by atoms with E-state index in [2.05, 4.69) is 26.1 Å². The molecule has 23 heavy (non-hydrogen) atoms. The number of para-hydroxylation sites is 2. The largest absolute Gasteiger partial charge is 0.492 e. The zero-order valence-electron chi connectivity index (χ0n) is 13.5. The fourth-order valence-corrected chi connectivity index (χ4v) is 1.87. The summed E-state index contributed by atoms with van der Waals surface area (Å²) < 4.78 is 5.55. The molecule has 2 aromatic rings. The zero-order valence-corrected chi connectivity index (χ0v) is 13.5. The number of urea groups is 1. The van der Waals surface area contributed by atoms with E-state index in [1.54, 1.807) is 12.1 Å². The minimum absolute atomic E-state index is 0.0546. The standard InChI is InChI=1S/C16H21N5O2/c1-4-23-13-8-6-5-7-12(13)18-14-9-10-15(21-20-14)19-16(22)17-11(2)3/h5-11H,4H2,1-3H3,(H,18,20)(H2,17,19,21,22). The van der Waals surface area contributed by atoms with Crippen LogP contribution in [0.5, 0.6) is 5.75 Å². The highest BCUT2D eigenvalue weighted by Crippen LogP contribution is 2.26. The van der Waals surface area contributed by atoms with E-state index in [0.29, 0.717) is 18.2 Å². The minimum atomic E-state index is -0.309. The van der Waals surface area contributed by atoms with E-state index >= 15 is 0 Å². The number of rotatable bonds is 6. The molecule has 122 valence electrons. The van der Waals surface area contributed by atoms with Gasteiger partial charge in [0.2, 0.25) is 0 Å². The van der Waals surface area contributed by atoms with Gasteiger partial charge in [-0.15, -0.1) is 10.2 Å². The van der Waals surface area contributed by atoms with E-state index < -0.39 is 0 Å². The van der Waals surface area contributed by atoms with Gasteiger partial charge in [-0.05, 0) is 45.0 Å². The van der Waals surface area contributed by atoms with Crippen molar-refractivity contribution in [2.75, 3.05) is 17.2 Å². The zero-order chi connectivity index (χ0) is 16.7. The number of nitrogens with zero attached hydrogens (tertiary/aromatic N) is 2. The van der Waals surface area contributed by atoms with Gasteiger partial charge in [0.1, 0.15) is 5.75 Å². The third-order valence-electron chi connectivity index (χ3n) is 2.78. The highest BCUT2D eigenvalue weighted by Gasteiger charge is 2.06. The molecule has 0 unspecified atom stereocenters. The summed E-state index contributed by atoms with van der Waals surface area (Å²) in [6.45, 7) is 6.28. The number of hydrogen-bond donors (Lipinski definition) is 3. The quantitative estimate of drug-likeness (QED) is 0.762. The van der Waals surface area contributed by atoms with Crippen molar-refractivity contribution in [3.05, 3.63) is 36.4 Å². The number of carbonyl (C=O) groups is 1. The first-order valence-electron chi connectivity index (χ1n) is 7.48. The number of hydrogen-bond acceptors (Lipinski definition) is 5. The summed E-state index contributed by atoms with van der Waals surface area (Å²) in [5.74, 6) is 1.69. The van der Waals surface area contributed by atoms with E-state index in [1.807, 2.05) is 45.0 Å². The molecule has 0 bridgehead atoms. The fraction of sp³-hybridized carbons (Fsp3) is 0.312. The van der Waals surface area contributed by atoms with E-state index in [4.69, 9.17) is 4.74 Å². The van der Waals surface area contributed by atoms with Gasteiger partial charge in [-0.25, -0.2) is 4.79 Å². The van der Waals surface area contributed by atoms with E-state index in [0.717, 1.165) is 11.4 Å². The van der Waals surface area contributed by atoms with Gasteiger partial charge in [-0.1, -0.05) is 12.1 Å². The molecule has 2 rings (SSSR count). The SMILES string of the molecule is CCOc1ccccc1Nc1ccc(NC(=O)NC(C)C)nn1. The maximum Gasteiger partial charge on any atom is 0.320 e. The number of anilines is 3. The normalized spacial score (nSPS) is 10.3. The van der Waals surface area contributed by atoms with Crippen LogP contribution in [0.2, 0.25) is 0 Å². The number of ether oxygens (including phenoxy) is 1. The highest BCUT2D eigenvalue weighted by molar-refractivity contribution is 5.88. The van der Waals surface area contributed by atoms with E-state index in [-0.39, 0.29) is 12.1 Å². The second kappa shape index (κ2) is 7.98. The summed E-state index contributed by atoms with van der Waals surface area (Å²) in [6, 6.07) is 10.8. The smallest absolute Gasteiger partial charge is 0.320 e. The lowest BCUT2D eigenvalue weighted by molar-refractivity contribution is 0.250. The molecule has 1 aromatic carbocycles. The minimum Gasteiger partial charge on any atom is -0.492 e. The lowest BCUT2D eigenvalue weighted by Gasteiger charge is -2.12. The van der Waals surface area contributed by atoms with Crippen molar-refractivity contribution in [3.63, 3.8) is 0 Å². The van der Waals surface area contributed by atoms with Crippen LogP contribution in [-0.2, 0) is 0 Å². The van der Waals surface area contributed by atoms with Crippen LogP contribution in [0.4, 0.5) is 22.1 Å². The maximum absolute atomic E-state index is 11.6. The molecule has 2 amide bonds. The Morgan fingerprint density at radius 2 is 1.83 bits per heavy atom. The van der Waals surface area contributed by atoms with Gasteiger partial charge in [-0.2, -0.15) is 0 Å². The predicted molar refractivity (Wildman–Crippen MR) is 90.2 cm³/mol. The van der Waals surface area contributed by atoms with Crippen LogP contribution >= 0.6 is 0 Å². The topological polar surface area (TPSA) is 88.2 Å². The summed E-state index contributed by atoms with van der Waals surface area (Å²) in [5.41, 5.74) is 0.807. The molecule has 0 aliphatic heterocycles. The second-order valence-corrected chi connectivity index (χ2v) is 5.11. The molecule has 7 heteroatoms. The average molecular weight is 315 g/mol. The number of aromatic nitrogens is 2. The van der Waals surface area contributed by atoms with Gasteiger partial charge in [-0.3, -0.25) is 5.32 Å². The van der Waals surface area contributed by atoms with Gasteiger partial charge >= 0.3 is 6.03 Å². The molecule has 7 nitrogen and oxygen atoms in total. The van der Waals surface area contributed by atoms with Gasteiger partial charge in [0, 0.05) is 6.04 Å². The molecule has 0 aliphatic carbocycles. The molecule has 3 N–H and O–H groups in total. The first kappa shape index (κ1) is 16.5. The lowest BCUT2D eigenvalue weighted by Crippen LogP contribution is -2.34. The van der Waals surface area contributed by atoms with Crippen molar-refractivity contribution in [2.45, 2.75) is 26.8 Å². The van der Waals surface area contributed by atoms with Crippen LogP contribution in [0.3, 0.4) is 0 Å². The second-order valence-electron chi connectivity index (χ2n) is 5.11. The molecule has 0 spiro atoms. The van der Waals surface area contributed by atoms with Gasteiger partial charge in [0.25, 0.3) is 0 Å². The average Bonchev–Trinajstić information content (AvgIpc) is 2.50. The Hall–Kier alpha value is -2.83. The summed E-state index contributed by atoms with van der Waals surface area (Å²) in [4.78, 5) is 11.6. The Bertz CT molecular complexity index is 643. The molecular formula is C16H21N5O2. The Kier molecular flexibility index (Phi) is 5.74. The van der Waals surface area contributed by atoms with Crippen LogP contribution in [0, 0.1) is 0 Å². The fourth-order valence-electron chi connectivity index (χ4n) is 1.87. The molecule has 0 saturated heterocycles. The van der Waals surface area contributed by atoms with E-state index in [1.165, 1.54) is 0 Å². The first-order valence-corrected chi connectivity index (χ1v) is 7.48. The Morgan fingerprint density at radius 3 is 2.48 bits per heavy atom. The van der Waals surface area contributed by atoms with Crippen molar-refractivity contribution in [2.24, 2.45) is 0 Å². The third-order valence-corrected chi connectivity index (χ3v) is 2.78. The summed E-state index contributed by atoms with van der Waals surface area (Å²) in [7, 11) is 0. The van der Waals surface area contributed by atoms with Crippen molar-refractivity contribution >= 4 is 23.4 Å². The summed E-state index contributed by atoms with van der Waals surface area (Å²) in [6.07, 6.45) is 0. The highest BCUT2D eigenvalue weighted by atomic mass is 16.5. The van der Waals surface area contributed by atoms with Crippen molar-refractivity contribution in [3.8, 4) is 5.75 Å². The maximum atomic E-state index is 11.6.